The molecule has 0 bridgehead atoms. The van der Waals surface area contributed by atoms with Crippen molar-refractivity contribution >= 4 is 5.91 Å². The summed E-state index contributed by atoms with van der Waals surface area (Å²) < 4.78 is 14.5. The van der Waals surface area contributed by atoms with Crippen molar-refractivity contribution in [3.63, 3.8) is 0 Å². The first-order valence-electron chi connectivity index (χ1n) is 10.4. The summed E-state index contributed by atoms with van der Waals surface area (Å²) in [7, 11) is 4.17. The number of piperazine rings is 1. The van der Waals surface area contributed by atoms with Crippen LogP contribution in [0.2, 0.25) is 0 Å². The van der Waals surface area contributed by atoms with Crippen LogP contribution in [0.15, 0.2) is 48.5 Å². The first-order valence-corrected chi connectivity index (χ1v) is 10.4. The van der Waals surface area contributed by atoms with Crippen LogP contribution in [0.25, 0.3) is 11.1 Å². The van der Waals surface area contributed by atoms with Gasteiger partial charge >= 0.3 is 0 Å². The quantitative estimate of drug-likeness (QED) is 0.738. The number of rotatable bonds is 6. The number of hydrogen-bond acceptors (Lipinski definition) is 3. The van der Waals surface area contributed by atoms with Gasteiger partial charge in [-0.2, -0.15) is 0 Å². The molecule has 0 radical (unpaired) electrons. The fourth-order valence-electron chi connectivity index (χ4n) is 4.20. The van der Waals surface area contributed by atoms with Gasteiger partial charge in [-0.1, -0.05) is 36.4 Å². The minimum atomic E-state index is -0.455. The average molecular weight is 398 g/mol. The second-order valence-corrected chi connectivity index (χ2v) is 8.36. The Bertz CT molecular complexity index is 812. The van der Waals surface area contributed by atoms with Crippen molar-refractivity contribution in [1.82, 2.24) is 14.7 Å². The molecular weight excluding hydrogens is 365 g/mol. The largest absolute Gasteiger partial charge is 0.335 e. The number of carbonyl (C=O) groups excluding carboxylic acids is 1. The number of benzene rings is 2. The Kier molecular flexibility index (Phi) is 7.04. The summed E-state index contributed by atoms with van der Waals surface area (Å²) in [6.07, 6.45) is 1.10. The molecule has 156 valence electrons. The summed E-state index contributed by atoms with van der Waals surface area (Å²) in [5.41, 5.74) is 2.00. The number of hydrogen-bond donors (Lipinski definition) is 0. The molecule has 0 aliphatic carbocycles. The summed E-state index contributed by atoms with van der Waals surface area (Å²) in [6.45, 7) is 7.63. The Morgan fingerprint density at radius 1 is 1.03 bits per heavy atom. The lowest BCUT2D eigenvalue weighted by atomic mass is 10.0. The van der Waals surface area contributed by atoms with Crippen molar-refractivity contribution in [1.29, 1.82) is 0 Å². The molecule has 1 aliphatic heterocycles. The standard InChI is InChI=1S/C24H32FN3O/c1-18-16-27(17-19(2)28(18)14-8-13-26(3)4)24(29)22-15-21(11-12-23(22)25)20-9-6-5-7-10-20/h5-7,9-12,15,18-19H,8,13-14,16-17H2,1-4H3. The summed E-state index contributed by atoms with van der Waals surface area (Å²) in [6, 6.07) is 15.1. The molecule has 3 rings (SSSR count). The van der Waals surface area contributed by atoms with E-state index in [-0.39, 0.29) is 23.6 Å². The predicted molar refractivity (Wildman–Crippen MR) is 117 cm³/mol. The Balaban J connectivity index is 1.73. The molecular formula is C24H32FN3O. The van der Waals surface area contributed by atoms with Crippen molar-refractivity contribution < 1.29 is 9.18 Å². The van der Waals surface area contributed by atoms with E-state index >= 15 is 0 Å². The lowest BCUT2D eigenvalue weighted by Crippen LogP contribution is -2.58. The molecule has 0 saturated carbocycles. The Morgan fingerprint density at radius 2 is 1.69 bits per heavy atom. The fourth-order valence-corrected chi connectivity index (χ4v) is 4.20. The maximum atomic E-state index is 14.5. The molecule has 4 nitrogen and oxygen atoms in total. The predicted octanol–water partition coefficient (Wildman–Crippen LogP) is 3.98. The topological polar surface area (TPSA) is 26.8 Å². The molecule has 1 fully saturated rings. The molecule has 2 aromatic carbocycles. The lowest BCUT2D eigenvalue weighted by molar-refractivity contribution is 0.0292. The second-order valence-electron chi connectivity index (χ2n) is 8.36. The van der Waals surface area contributed by atoms with Gasteiger partial charge in [0.05, 0.1) is 5.56 Å². The van der Waals surface area contributed by atoms with Gasteiger partial charge in [-0.05, 0) is 64.2 Å². The van der Waals surface area contributed by atoms with E-state index in [9.17, 15) is 9.18 Å². The molecule has 2 unspecified atom stereocenters. The third kappa shape index (κ3) is 5.22. The zero-order valence-corrected chi connectivity index (χ0v) is 17.9. The molecule has 0 spiro atoms. The van der Waals surface area contributed by atoms with Crippen LogP contribution in [-0.2, 0) is 0 Å². The van der Waals surface area contributed by atoms with Crippen LogP contribution in [0.3, 0.4) is 0 Å². The molecule has 0 N–H and O–H groups in total. The highest BCUT2D eigenvalue weighted by Gasteiger charge is 2.32. The van der Waals surface area contributed by atoms with Crippen molar-refractivity contribution in [2.75, 3.05) is 40.3 Å². The molecule has 2 aromatic rings. The van der Waals surface area contributed by atoms with Crippen LogP contribution < -0.4 is 0 Å². The van der Waals surface area contributed by atoms with Crippen LogP contribution in [0.4, 0.5) is 4.39 Å². The van der Waals surface area contributed by atoms with Crippen LogP contribution in [0, 0.1) is 5.82 Å². The minimum absolute atomic E-state index is 0.159. The van der Waals surface area contributed by atoms with Crippen molar-refractivity contribution in [2.45, 2.75) is 32.4 Å². The molecule has 29 heavy (non-hydrogen) atoms. The van der Waals surface area contributed by atoms with E-state index in [1.807, 2.05) is 35.2 Å². The second kappa shape index (κ2) is 9.51. The zero-order chi connectivity index (χ0) is 21.0. The average Bonchev–Trinajstić information content (AvgIpc) is 2.70. The van der Waals surface area contributed by atoms with E-state index in [2.05, 4.69) is 37.7 Å². The van der Waals surface area contributed by atoms with E-state index in [0.717, 1.165) is 30.6 Å². The fraction of sp³-hybridized carbons (Fsp3) is 0.458. The highest BCUT2D eigenvalue weighted by atomic mass is 19.1. The number of nitrogens with zero attached hydrogens (tertiary/aromatic N) is 3. The first kappa shape index (κ1) is 21.5. The summed E-state index contributed by atoms with van der Waals surface area (Å²) in [5, 5.41) is 0. The highest BCUT2D eigenvalue weighted by Crippen LogP contribution is 2.24. The third-order valence-corrected chi connectivity index (χ3v) is 5.71. The van der Waals surface area contributed by atoms with Gasteiger partial charge in [0.25, 0.3) is 5.91 Å². The molecule has 1 saturated heterocycles. The van der Waals surface area contributed by atoms with Crippen LogP contribution in [0.5, 0.6) is 0 Å². The smallest absolute Gasteiger partial charge is 0.256 e. The van der Waals surface area contributed by atoms with Crippen molar-refractivity contribution in [2.24, 2.45) is 0 Å². The van der Waals surface area contributed by atoms with Gasteiger partial charge < -0.3 is 9.80 Å². The summed E-state index contributed by atoms with van der Waals surface area (Å²) in [4.78, 5) is 19.6. The Morgan fingerprint density at radius 3 is 2.31 bits per heavy atom. The summed E-state index contributed by atoms with van der Waals surface area (Å²) in [5.74, 6) is -0.671. The first-order chi connectivity index (χ1) is 13.9. The van der Waals surface area contributed by atoms with Gasteiger partial charge in [-0.15, -0.1) is 0 Å². The zero-order valence-electron chi connectivity index (χ0n) is 17.9. The molecule has 0 aromatic heterocycles. The lowest BCUT2D eigenvalue weighted by Gasteiger charge is -2.44. The van der Waals surface area contributed by atoms with E-state index in [4.69, 9.17) is 0 Å². The van der Waals surface area contributed by atoms with E-state index in [1.54, 1.807) is 12.1 Å². The third-order valence-electron chi connectivity index (χ3n) is 5.71. The molecule has 5 heteroatoms. The Hall–Kier alpha value is -2.24. The Labute approximate surface area is 173 Å². The van der Waals surface area contributed by atoms with Crippen molar-refractivity contribution in [3.05, 3.63) is 59.9 Å². The maximum Gasteiger partial charge on any atom is 0.256 e. The van der Waals surface area contributed by atoms with Crippen LogP contribution >= 0.6 is 0 Å². The number of halogens is 1. The molecule has 1 amide bonds. The minimum Gasteiger partial charge on any atom is -0.335 e. The normalized spacial score (nSPS) is 20.3. The summed E-state index contributed by atoms with van der Waals surface area (Å²) >= 11 is 0. The van der Waals surface area contributed by atoms with Crippen molar-refractivity contribution in [3.8, 4) is 11.1 Å². The van der Waals surface area contributed by atoms with Crippen LogP contribution in [-0.4, -0.2) is 73.0 Å². The monoisotopic (exact) mass is 397 g/mol. The van der Waals surface area contributed by atoms with E-state index in [0.29, 0.717) is 13.1 Å². The van der Waals surface area contributed by atoms with Gasteiger partial charge in [0.1, 0.15) is 5.82 Å². The van der Waals surface area contributed by atoms with E-state index < -0.39 is 5.82 Å². The van der Waals surface area contributed by atoms with Gasteiger partial charge in [-0.3, -0.25) is 9.69 Å². The molecule has 1 heterocycles. The van der Waals surface area contributed by atoms with Gasteiger partial charge in [-0.25, -0.2) is 4.39 Å². The van der Waals surface area contributed by atoms with Crippen LogP contribution in [0.1, 0.15) is 30.6 Å². The maximum absolute atomic E-state index is 14.5. The SMILES string of the molecule is CC1CN(C(=O)c2cc(-c3ccccc3)ccc2F)CC(C)N1CCCN(C)C. The van der Waals surface area contributed by atoms with Gasteiger partial charge in [0, 0.05) is 31.7 Å². The highest BCUT2D eigenvalue weighted by molar-refractivity contribution is 5.96. The molecule has 2 atom stereocenters. The van der Waals surface area contributed by atoms with E-state index in [1.165, 1.54) is 6.07 Å². The molecule has 1 aliphatic rings. The van der Waals surface area contributed by atoms with Gasteiger partial charge in [0.15, 0.2) is 0 Å². The van der Waals surface area contributed by atoms with Gasteiger partial charge in [0.2, 0.25) is 0 Å². The number of carbonyl (C=O) groups is 1. The number of amides is 1.